The second-order valence-electron chi connectivity index (χ2n) is 4.58. The normalized spacial score (nSPS) is 10.5. The molecule has 1 aromatic carbocycles. The number of carbonyl (C=O) groups excluding carboxylic acids is 1. The van der Waals surface area contributed by atoms with Gasteiger partial charge in [0.25, 0.3) is 0 Å². The fourth-order valence-electron chi connectivity index (χ4n) is 1.91. The Morgan fingerprint density at radius 3 is 2.59 bits per heavy atom. The zero-order chi connectivity index (χ0) is 15.9. The Labute approximate surface area is 129 Å². The van der Waals surface area contributed by atoms with Crippen LogP contribution in [0, 0.1) is 6.92 Å². The molecule has 22 heavy (non-hydrogen) atoms. The average molecular weight is 298 g/mol. The maximum atomic E-state index is 12.1. The highest BCUT2D eigenvalue weighted by atomic mass is 16.5. The fourth-order valence-corrected chi connectivity index (χ4v) is 1.91. The first-order chi connectivity index (χ1) is 10.6. The second kappa shape index (κ2) is 7.26. The number of hydrogen-bond donors (Lipinski definition) is 1. The Morgan fingerprint density at radius 1 is 1.14 bits per heavy atom. The summed E-state index contributed by atoms with van der Waals surface area (Å²) in [5.74, 6) is 1.66. The van der Waals surface area contributed by atoms with Crippen LogP contribution >= 0.6 is 0 Å². The number of allylic oxidation sites excluding steroid dienone is 1. The van der Waals surface area contributed by atoms with E-state index in [4.69, 9.17) is 9.47 Å². The summed E-state index contributed by atoms with van der Waals surface area (Å²) in [6.07, 6.45) is 3.02. The van der Waals surface area contributed by atoms with Crippen molar-refractivity contribution in [3.63, 3.8) is 0 Å². The van der Waals surface area contributed by atoms with Crippen LogP contribution in [0.4, 0.5) is 5.82 Å². The molecule has 0 radical (unpaired) electrons. The molecule has 0 saturated carbocycles. The van der Waals surface area contributed by atoms with Gasteiger partial charge in [0, 0.05) is 23.5 Å². The molecule has 1 heterocycles. The molecule has 0 aliphatic carbocycles. The van der Waals surface area contributed by atoms with Crippen LogP contribution in [0.2, 0.25) is 0 Å². The molecule has 0 atom stereocenters. The molecule has 0 fully saturated rings. The van der Waals surface area contributed by atoms with Crippen molar-refractivity contribution in [2.45, 2.75) is 6.92 Å². The van der Waals surface area contributed by atoms with E-state index < -0.39 is 0 Å². The van der Waals surface area contributed by atoms with E-state index >= 15 is 0 Å². The number of benzene rings is 1. The van der Waals surface area contributed by atoms with Gasteiger partial charge >= 0.3 is 0 Å². The Morgan fingerprint density at radius 2 is 1.91 bits per heavy atom. The number of pyridine rings is 1. The lowest BCUT2D eigenvalue weighted by Gasteiger charge is -2.08. The summed E-state index contributed by atoms with van der Waals surface area (Å²) in [5.41, 5.74) is 1.43. The highest BCUT2D eigenvalue weighted by Crippen LogP contribution is 2.27. The number of ketones is 1. The van der Waals surface area contributed by atoms with Gasteiger partial charge in [-0.25, -0.2) is 4.98 Å². The van der Waals surface area contributed by atoms with Gasteiger partial charge in [-0.15, -0.1) is 0 Å². The Balaban J connectivity index is 2.07. The number of carbonyl (C=O) groups is 1. The monoisotopic (exact) mass is 298 g/mol. The third kappa shape index (κ3) is 3.85. The molecule has 2 aromatic rings. The van der Waals surface area contributed by atoms with Crippen molar-refractivity contribution >= 4 is 11.6 Å². The predicted molar refractivity (Wildman–Crippen MR) is 85.6 cm³/mol. The van der Waals surface area contributed by atoms with Crippen LogP contribution in [-0.2, 0) is 0 Å². The third-order valence-electron chi connectivity index (χ3n) is 3.02. The van der Waals surface area contributed by atoms with E-state index in [1.807, 2.05) is 25.1 Å². The fraction of sp³-hybridized carbons (Fsp3) is 0.176. The molecular weight excluding hydrogens is 280 g/mol. The van der Waals surface area contributed by atoms with Gasteiger partial charge in [0.05, 0.1) is 14.2 Å². The van der Waals surface area contributed by atoms with E-state index in [9.17, 15) is 4.79 Å². The molecule has 0 saturated heterocycles. The Hall–Kier alpha value is -2.82. The van der Waals surface area contributed by atoms with Crippen LogP contribution in [0.3, 0.4) is 0 Å². The summed E-state index contributed by atoms with van der Waals surface area (Å²) in [4.78, 5) is 16.4. The highest BCUT2D eigenvalue weighted by Gasteiger charge is 2.08. The minimum atomic E-state index is -0.138. The molecule has 0 aliphatic rings. The van der Waals surface area contributed by atoms with E-state index in [1.165, 1.54) is 13.2 Å². The van der Waals surface area contributed by atoms with Crippen LogP contribution < -0.4 is 14.8 Å². The van der Waals surface area contributed by atoms with Gasteiger partial charge in [0.15, 0.2) is 17.3 Å². The number of anilines is 1. The number of aromatic nitrogens is 1. The maximum absolute atomic E-state index is 12.1. The van der Waals surface area contributed by atoms with Gasteiger partial charge in [-0.3, -0.25) is 4.79 Å². The number of aryl methyl sites for hydroxylation is 1. The topological polar surface area (TPSA) is 60.5 Å². The van der Waals surface area contributed by atoms with Crippen molar-refractivity contribution in [3.05, 3.63) is 59.9 Å². The summed E-state index contributed by atoms with van der Waals surface area (Å²) < 4.78 is 10.3. The summed E-state index contributed by atoms with van der Waals surface area (Å²) in [6.45, 7) is 1.91. The van der Waals surface area contributed by atoms with Gasteiger partial charge in [-0.2, -0.15) is 0 Å². The zero-order valence-electron chi connectivity index (χ0n) is 12.8. The van der Waals surface area contributed by atoms with E-state index in [0.717, 1.165) is 5.69 Å². The Bertz CT molecular complexity index is 696. The van der Waals surface area contributed by atoms with Crippen LogP contribution in [-0.4, -0.2) is 25.0 Å². The number of ether oxygens (including phenoxy) is 2. The molecule has 0 aliphatic heterocycles. The predicted octanol–water partition coefficient (Wildman–Crippen LogP) is 3.22. The van der Waals surface area contributed by atoms with Crippen LogP contribution in [0.5, 0.6) is 11.5 Å². The van der Waals surface area contributed by atoms with E-state index in [-0.39, 0.29) is 5.78 Å². The maximum Gasteiger partial charge on any atom is 0.187 e. The van der Waals surface area contributed by atoms with Crippen molar-refractivity contribution in [1.82, 2.24) is 4.98 Å². The van der Waals surface area contributed by atoms with E-state index in [1.54, 1.807) is 31.5 Å². The van der Waals surface area contributed by atoms with E-state index in [2.05, 4.69) is 10.3 Å². The van der Waals surface area contributed by atoms with Gasteiger partial charge in [-0.1, -0.05) is 6.07 Å². The number of hydrogen-bond acceptors (Lipinski definition) is 5. The number of rotatable bonds is 6. The zero-order valence-corrected chi connectivity index (χ0v) is 12.8. The molecule has 2 rings (SSSR count). The molecule has 5 nitrogen and oxygen atoms in total. The molecule has 114 valence electrons. The lowest BCUT2D eigenvalue weighted by Crippen LogP contribution is -1.99. The molecular formula is C17H18N2O3. The van der Waals surface area contributed by atoms with Crippen molar-refractivity contribution in [2.24, 2.45) is 0 Å². The van der Waals surface area contributed by atoms with Crippen molar-refractivity contribution in [1.29, 1.82) is 0 Å². The molecule has 1 aromatic heterocycles. The third-order valence-corrected chi connectivity index (χ3v) is 3.02. The smallest absolute Gasteiger partial charge is 0.187 e. The van der Waals surface area contributed by atoms with Crippen LogP contribution in [0.25, 0.3) is 0 Å². The SMILES string of the molecule is COc1ccc(C(=O)/C=C/Nc2cccc(C)n2)cc1OC. The minimum Gasteiger partial charge on any atom is -0.493 e. The largest absolute Gasteiger partial charge is 0.493 e. The second-order valence-corrected chi connectivity index (χ2v) is 4.58. The van der Waals surface area contributed by atoms with Crippen molar-refractivity contribution in [2.75, 3.05) is 19.5 Å². The molecule has 1 N–H and O–H groups in total. The summed E-state index contributed by atoms with van der Waals surface area (Å²) in [7, 11) is 3.09. The Kier molecular flexibility index (Phi) is 5.14. The molecule has 0 bridgehead atoms. The minimum absolute atomic E-state index is 0.138. The summed E-state index contributed by atoms with van der Waals surface area (Å²) in [6, 6.07) is 10.7. The molecule has 0 amide bonds. The van der Waals surface area contributed by atoms with Crippen molar-refractivity contribution < 1.29 is 14.3 Å². The van der Waals surface area contributed by atoms with Gasteiger partial charge < -0.3 is 14.8 Å². The first kappa shape index (κ1) is 15.6. The van der Waals surface area contributed by atoms with Gasteiger partial charge in [0.1, 0.15) is 5.82 Å². The highest BCUT2D eigenvalue weighted by molar-refractivity contribution is 6.05. The summed E-state index contributed by atoms with van der Waals surface area (Å²) in [5, 5.41) is 2.97. The lowest BCUT2D eigenvalue weighted by molar-refractivity contribution is 0.104. The lowest BCUT2D eigenvalue weighted by atomic mass is 10.1. The first-order valence-electron chi connectivity index (χ1n) is 6.77. The van der Waals surface area contributed by atoms with Gasteiger partial charge in [-0.05, 0) is 37.3 Å². The number of methoxy groups -OCH3 is 2. The van der Waals surface area contributed by atoms with Gasteiger partial charge in [0.2, 0.25) is 0 Å². The van der Waals surface area contributed by atoms with Crippen LogP contribution in [0.1, 0.15) is 16.1 Å². The first-order valence-corrected chi connectivity index (χ1v) is 6.77. The summed E-state index contributed by atoms with van der Waals surface area (Å²) >= 11 is 0. The molecule has 0 spiro atoms. The molecule has 0 unspecified atom stereocenters. The molecule has 5 heteroatoms. The van der Waals surface area contributed by atoms with Crippen LogP contribution in [0.15, 0.2) is 48.7 Å². The van der Waals surface area contributed by atoms with Crippen molar-refractivity contribution in [3.8, 4) is 11.5 Å². The number of nitrogens with one attached hydrogen (secondary N) is 1. The van der Waals surface area contributed by atoms with E-state index in [0.29, 0.717) is 22.9 Å². The average Bonchev–Trinajstić information content (AvgIpc) is 2.54. The quantitative estimate of drug-likeness (QED) is 0.655. The standard InChI is InChI=1S/C17H18N2O3/c1-12-5-4-6-17(19-12)18-10-9-14(20)13-7-8-15(21-2)16(11-13)22-3/h4-11H,1-3H3,(H,18,19)/b10-9+. The number of nitrogens with zero attached hydrogens (tertiary/aromatic N) is 1.